The molecule has 0 saturated carbocycles. The Morgan fingerprint density at radius 3 is 2.52 bits per heavy atom. The van der Waals surface area contributed by atoms with Gasteiger partial charge in [-0.25, -0.2) is 9.37 Å². The Hall–Kier alpha value is -3.36. The highest BCUT2D eigenvalue weighted by Crippen LogP contribution is 2.27. The van der Waals surface area contributed by atoms with E-state index in [4.69, 9.17) is 0 Å². The van der Waals surface area contributed by atoms with Crippen molar-refractivity contribution < 1.29 is 17.9 Å². The summed E-state index contributed by atoms with van der Waals surface area (Å²) in [6.07, 6.45) is 3.69. The van der Waals surface area contributed by atoms with Gasteiger partial charge in [-0.05, 0) is 54.7 Å². The smallest absolute Gasteiger partial charge is 0.387 e. The van der Waals surface area contributed by atoms with E-state index in [1.165, 1.54) is 24.4 Å². The molecule has 1 N–H and O–H groups in total. The molecule has 9 heteroatoms. The van der Waals surface area contributed by atoms with Crippen LogP contribution in [0.1, 0.15) is 19.8 Å². The number of hydrogen-bond acceptors (Lipinski definition) is 6. The van der Waals surface area contributed by atoms with Crippen LogP contribution in [0.15, 0.2) is 48.7 Å². The lowest BCUT2D eigenvalue weighted by molar-refractivity contribution is -0.0498. The van der Waals surface area contributed by atoms with E-state index in [9.17, 15) is 13.2 Å². The van der Waals surface area contributed by atoms with Crippen molar-refractivity contribution in [3.05, 3.63) is 54.5 Å². The molecule has 6 nitrogen and oxygen atoms in total. The normalized spacial score (nSPS) is 14.7. The van der Waals surface area contributed by atoms with Gasteiger partial charge in [0.15, 0.2) is 17.5 Å². The maximum absolute atomic E-state index is 14.4. The highest BCUT2D eigenvalue weighted by Gasteiger charge is 2.18. The number of alkyl halides is 2. The second kappa shape index (κ2) is 9.20. The molecule has 1 aliphatic rings. The Balaban J connectivity index is 1.52. The molecule has 0 bridgehead atoms. The fourth-order valence-corrected chi connectivity index (χ4v) is 3.47. The second-order valence-corrected chi connectivity index (χ2v) is 7.53. The number of aromatic nitrogens is 3. The molecule has 162 valence electrons. The molecule has 0 aliphatic carbocycles. The third-order valence-corrected chi connectivity index (χ3v) is 5.25. The van der Waals surface area contributed by atoms with Gasteiger partial charge in [-0.3, -0.25) is 0 Å². The first kappa shape index (κ1) is 20.9. The number of ether oxygens (including phenoxy) is 1. The first-order chi connectivity index (χ1) is 15.0. The van der Waals surface area contributed by atoms with Crippen LogP contribution in [0.4, 0.5) is 30.6 Å². The van der Waals surface area contributed by atoms with Crippen LogP contribution in [0.25, 0.3) is 11.1 Å². The van der Waals surface area contributed by atoms with Crippen molar-refractivity contribution in [1.29, 1.82) is 0 Å². The van der Waals surface area contributed by atoms with Crippen LogP contribution in [-0.4, -0.2) is 34.9 Å². The molecule has 3 aromatic rings. The van der Waals surface area contributed by atoms with E-state index in [1.54, 1.807) is 24.3 Å². The zero-order valence-corrected chi connectivity index (χ0v) is 16.9. The topological polar surface area (TPSA) is 63.2 Å². The van der Waals surface area contributed by atoms with E-state index in [0.29, 0.717) is 17.3 Å². The van der Waals surface area contributed by atoms with Crippen LogP contribution < -0.4 is 15.0 Å². The molecule has 1 aromatic carbocycles. The summed E-state index contributed by atoms with van der Waals surface area (Å²) in [6, 6.07) is 10.9. The van der Waals surface area contributed by atoms with E-state index in [1.807, 2.05) is 0 Å². The first-order valence-corrected chi connectivity index (χ1v) is 10.0. The first-order valence-electron chi connectivity index (χ1n) is 10.0. The highest BCUT2D eigenvalue weighted by molar-refractivity contribution is 5.67. The van der Waals surface area contributed by atoms with Crippen molar-refractivity contribution in [2.24, 2.45) is 5.92 Å². The Kier molecular flexibility index (Phi) is 6.20. The number of nitrogens with zero attached hydrogens (tertiary/aromatic N) is 4. The lowest BCUT2D eigenvalue weighted by Crippen LogP contribution is -2.33. The molecule has 4 rings (SSSR count). The van der Waals surface area contributed by atoms with Gasteiger partial charge in [-0.1, -0.05) is 19.1 Å². The predicted molar refractivity (Wildman–Crippen MR) is 112 cm³/mol. The Morgan fingerprint density at radius 1 is 1.06 bits per heavy atom. The Morgan fingerprint density at radius 2 is 1.81 bits per heavy atom. The number of piperidine rings is 1. The van der Waals surface area contributed by atoms with Crippen LogP contribution >= 0.6 is 0 Å². The molecule has 1 fully saturated rings. The number of anilines is 3. The molecule has 1 aliphatic heterocycles. The third-order valence-electron chi connectivity index (χ3n) is 5.25. The van der Waals surface area contributed by atoms with Crippen LogP contribution in [-0.2, 0) is 0 Å². The van der Waals surface area contributed by atoms with Gasteiger partial charge in [-0.15, -0.1) is 5.10 Å². The van der Waals surface area contributed by atoms with Crippen LogP contribution in [0, 0.1) is 11.7 Å². The molecule has 0 spiro atoms. The maximum Gasteiger partial charge on any atom is 0.387 e. The SMILES string of the molecule is CC1CCN(c2ccc(F)c(Nc3cc(-c4ccc(OC(F)F)cc4)cnn3)n2)CC1. The van der Waals surface area contributed by atoms with Gasteiger partial charge >= 0.3 is 6.61 Å². The van der Waals surface area contributed by atoms with Crippen molar-refractivity contribution in [2.45, 2.75) is 26.4 Å². The molecule has 0 amide bonds. The maximum atomic E-state index is 14.4. The molecular formula is C22H22F3N5O. The minimum absolute atomic E-state index is 0.0642. The monoisotopic (exact) mass is 429 g/mol. The predicted octanol–water partition coefficient (Wildman–Crippen LogP) is 5.26. The zero-order valence-electron chi connectivity index (χ0n) is 16.9. The molecule has 31 heavy (non-hydrogen) atoms. The molecular weight excluding hydrogens is 407 g/mol. The lowest BCUT2D eigenvalue weighted by atomic mass is 9.99. The summed E-state index contributed by atoms with van der Waals surface area (Å²) in [4.78, 5) is 6.59. The van der Waals surface area contributed by atoms with E-state index in [-0.39, 0.29) is 11.6 Å². The van der Waals surface area contributed by atoms with Gasteiger partial charge in [-0.2, -0.15) is 13.9 Å². The van der Waals surface area contributed by atoms with Gasteiger partial charge in [0.2, 0.25) is 0 Å². The van der Waals surface area contributed by atoms with Crippen molar-refractivity contribution in [2.75, 3.05) is 23.3 Å². The fraction of sp³-hybridized carbons (Fsp3) is 0.318. The van der Waals surface area contributed by atoms with Gasteiger partial charge in [0, 0.05) is 18.7 Å². The van der Waals surface area contributed by atoms with E-state index in [0.717, 1.165) is 37.3 Å². The number of pyridine rings is 1. The summed E-state index contributed by atoms with van der Waals surface area (Å²) < 4.78 is 43.4. The van der Waals surface area contributed by atoms with Gasteiger partial charge < -0.3 is 15.0 Å². The van der Waals surface area contributed by atoms with E-state index in [2.05, 4.69) is 37.1 Å². The highest BCUT2D eigenvalue weighted by atomic mass is 19.3. The Labute approximate surface area is 178 Å². The summed E-state index contributed by atoms with van der Waals surface area (Å²) in [6.45, 7) is 1.13. The van der Waals surface area contributed by atoms with E-state index < -0.39 is 12.4 Å². The van der Waals surface area contributed by atoms with Crippen molar-refractivity contribution >= 4 is 17.5 Å². The second-order valence-electron chi connectivity index (χ2n) is 7.53. The average Bonchev–Trinajstić information content (AvgIpc) is 2.76. The number of nitrogens with one attached hydrogen (secondary N) is 1. The number of hydrogen-bond donors (Lipinski definition) is 1. The van der Waals surface area contributed by atoms with E-state index >= 15 is 0 Å². The minimum Gasteiger partial charge on any atom is -0.435 e. The van der Waals surface area contributed by atoms with Gasteiger partial charge in [0.25, 0.3) is 0 Å². The van der Waals surface area contributed by atoms with Crippen LogP contribution in [0.2, 0.25) is 0 Å². The van der Waals surface area contributed by atoms with Crippen LogP contribution in [0.3, 0.4) is 0 Å². The number of halogens is 3. The molecule has 0 unspecified atom stereocenters. The summed E-state index contributed by atoms with van der Waals surface area (Å²) in [5.41, 5.74) is 1.41. The van der Waals surface area contributed by atoms with Crippen molar-refractivity contribution in [3.8, 4) is 16.9 Å². The largest absolute Gasteiger partial charge is 0.435 e. The Bertz CT molecular complexity index is 1020. The fourth-order valence-electron chi connectivity index (χ4n) is 3.47. The summed E-state index contributed by atoms with van der Waals surface area (Å²) in [5.74, 6) is 1.37. The molecule has 0 radical (unpaired) electrons. The van der Waals surface area contributed by atoms with Gasteiger partial charge in [0.1, 0.15) is 11.6 Å². The molecule has 3 heterocycles. The molecule has 2 aromatic heterocycles. The third kappa shape index (κ3) is 5.22. The summed E-state index contributed by atoms with van der Waals surface area (Å²) in [7, 11) is 0. The summed E-state index contributed by atoms with van der Waals surface area (Å²) >= 11 is 0. The van der Waals surface area contributed by atoms with Gasteiger partial charge in [0.05, 0.1) is 6.20 Å². The zero-order chi connectivity index (χ0) is 21.8. The van der Waals surface area contributed by atoms with Crippen molar-refractivity contribution in [1.82, 2.24) is 15.2 Å². The minimum atomic E-state index is -2.88. The van der Waals surface area contributed by atoms with Crippen LogP contribution in [0.5, 0.6) is 5.75 Å². The number of rotatable bonds is 6. The average molecular weight is 429 g/mol. The lowest BCUT2D eigenvalue weighted by Gasteiger charge is -2.31. The standard InChI is InChI=1S/C22H22F3N5O/c1-14-8-10-30(11-9-14)20-7-6-18(23)21(28-20)27-19-12-16(13-26-29-19)15-2-4-17(5-3-15)31-22(24)25/h2-7,12-14,22H,8-11H2,1H3,(H,27,28,29). The molecule has 1 saturated heterocycles. The summed E-state index contributed by atoms with van der Waals surface area (Å²) in [5, 5.41) is 10.9. The number of benzene rings is 1. The molecule has 0 atom stereocenters. The van der Waals surface area contributed by atoms with Crippen molar-refractivity contribution in [3.63, 3.8) is 0 Å². The quantitative estimate of drug-likeness (QED) is 0.577.